The van der Waals surface area contributed by atoms with Crippen LogP contribution in [0.5, 0.6) is 0 Å². The van der Waals surface area contributed by atoms with E-state index in [0.717, 1.165) is 28.0 Å². The number of para-hydroxylation sites is 1. The van der Waals surface area contributed by atoms with Gasteiger partial charge in [-0.05, 0) is 48.5 Å². The van der Waals surface area contributed by atoms with E-state index in [4.69, 9.17) is 11.6 Å². The molecule has 0 fully saturated rings. The maximum atomic E-state index is 13.6. The molecule has 2 aromatic heterocycles. The number of hydrogen-bond acceptors (Lipinski definition) is 6. The first-order chi connectivity index (χ1) is 19.1. The molecule has 6 rings (SSSR count). The number of rotatable bonds is 4. The molecule has 0 unspecified atom stereocenters. The number of anilines is 2. The van der Waals surface area contributed by atoms with E-state index in [1.165, 1.54) is 17.0 Å². The predicted molar refractivity (Wildman–Crippen MR) is 144 cm³/mol. The van der Waals surface area contributed by atoms with E-state index < -0.39 is 35.7 Å². The molecule has 1 aliphatic rings. The number of thiazole rings is 1. The van der Waals surface area contributed by atoms with Gasteiger partial charge in [0.15, 0.2) is 5.82 Å². The Morgan fingerprint density at radius 3 is 2.48 bits per heavy atom. The third kappa shape index (κ3) is 4.50. The number of fused-ring (bicyclic) bond motifs is 2. The van der Waals surface area contributed by atoms with Crippen LogP contribution in [0.3, 0.4) is 0 Å². The Morgan fingerprint density at radius 1 is 1.00 bits per heavy atom. The Bertz CT molecular complexity index is 1940. The van der Waals surface area contributed by atoms with E-state index in [0.29, 0.717) is 27.7 Å². The van der Waals surface area contributed by atoms with E-state index in [1.807, 2.05) is 0 Å². The Balaban J connectivity index is 1.34. The Hall–Kier alpha value is -4.55. The van der Waals surface area contributed by atoms with Crippen LogP contribution in [-0.2, 0) is 15.8 Å². The lowest BCUT2D eigenvalue weighted by atomic mass is 10.1. The minimum Gasteiger partial charge on any atom is -0.325 e. The van der Waals surface area contributed by atoms with Crippen molar-refractivity contribution in [1.82, 2.24) is 14.6 Å². The summed E-state index contributed by atoms with van der Waals surface area (Å²) in [5.41, 5.74) is 0.0730. The minimum atomic E-state index is -4.57. The van der Waals surface area contributed by atoms with E-state index in [9.17, 15) is 27.6 Å². The molecule has 0 aliphatic carbocycles. The van der Waals surface area contributed by atoms with Gasteiger partial charge < -0.3 is 5.32 Å². The fraction of sp³-hybridized carbons (Fsp3) is 0.0741. The second-order valence-corrected chi connectivity index (χ2v) is 10.2. The summed E-state index contributed by atoms with van der Waals surface area (Å²) < 4.78 is 40.4. The molecular weight excluding hydrogens is 567 g/mol. The molecule has 200 valence electrons. The number of alkyl halides is 3. The van der Waals surface area contributed by atoms with Crippen LogP contribution < -0.4 is 20.3 Å². The second kappa shape index (κ2) is 9.57. The SMILES string of the molecule is O=C(CN1C(=O)/C(=c2\sc3nc(-c4ccc(Cl)cc4)nn3c2=O)c2ccccc21)Nc1cccc(C(F)(F)F)c1. The van der Waals surface area contributed by atoms with Gasteiger partial charge in [-0.15, -0.1) is 5.10 Å². The summed E-state index contributed by atoms with van der Waals surface area (Å²) in [5, 5.41) is 7.25. The van der Waals surface area contributed by atoms with Crippen LogP contribution in [0.25, 0.3) is 21.9 Å². The normalized spacial score (nSPS) is 14.6. The summed E-state index contributed by atoms with van der Waals surface area (Å²) in [4.78, 5) is 45.6. The summed E-state index contributed by atoms with van der Waals surface area (Å²) in [7, 11) is 0. The van der Waals surface area contributed by atoms with Crippen molar-refractivity contribution in [2.75, 3.05) is 16.8 Å². The van der Waals surface area contributed by atoms with Crippen LogP contribution >= 0.6 is 22.9 Å². The van der Waals surface area contributed by atoms with Crippen LogP contribution in [-0.4, -0.2) is 33.0 Å². The number of amides is 2. The van der Waals surface area contributed by atoms with E-state index in [2.05, 4.69) is 15.4 Å². The zero-order valence-electron chi connectivity index (χ0n) is 20.1. The van der Waals surface area contributed by atoms with Crippen molar-refractivity contribution in [3.8, 4) is 11.4 Å². The molecule has 13 heteroatoms. The summed E-state index contributed by atoms with van der Waals surface area (Å²) in [5.74, 6) is -0.983. The number of benzene rings is 3. The lowest BCUT2D eigenvalue weighted by molar-refractivity contribution is -0.137. The molecular formula is C27H15ClF3N5O3S. The Labute approximate surface area is 231 Å². The fourth-order valence-corrected chi connectivity index (χ4v) is 5.50. The predicted octanol–water partition coefficient (Wildman–Crippen LogP) is 4.39. The molecule has 8 nitrogen and oxygen atoms in total. The van der Waals surface area contributed by atoms with Gasteiger partial charge in [0, 0.05) is 21.8 Å². The topological polar surface area (TPSA) is 96.7 Å². The number of hydrogen-bond donors (Lipinski definition) is 1. The van der Waals surface area contributed by atoms with Crippen LogP contribution in [0, 0.1) is 0 Å². The average Bonchev–Trinajstić information content (AvgIpc) is 3.55. The second-order valence-electron chi connectivity index (χ2n) is 8.78. The maximum absolute atomic E-state index is 13.6. The summed E-state index contributed by atoms with van der Waals surface area (Å²) in [6, 6.07) is 17.6. The first-order valence-corrected chi connectivity index (χ1v) is 12.9. The number of nitrogens with zero attached hydrogens (tertiary/aromatic N) is 4. The zero-order valence-corrected chi connectivity index (χ0v) is 21.6. The molecule has 0 atom stereocenters. The largest absolute Gasteiger partial charge is 0.416 e. The first kappa shape index (κ1) is 25.7. The molecule has 40 heavy (non-hydrogen) atoms. The summed E-state index contributed by atoms with van der Waals surface area (Å²) in [6.07, 6.45) is -4.57. The highest BCUT2D eigenvalue weighted by molar-refractivity contribution is 7.15. The molecule has 0 radical (unpaired) electrons. The quantitative estimate of drug-likeness (QED) is 0.340. The number of carbonyl (C=O) groups is 2. The molecule has 0 spiro atoms. The molecule has 0 saturated carbocycles. The van der Waals surface area contributed by atoms with Gasteiger partial charge in [-0.2, -0.15) is 22.7 Å². The Kier molecular flexibility index (Phi) is 6.15. The summed E-state index contributed by atoms with van der Waals surface area (Å²) in [6.45, 7) is -0.481. The van der Waals surface area contributed by atoms with E-state index in [-0.39, 0.29) is 20.8 Å². The highest BCUT2D eigenvalue weighted by atomic mass is 35.5. The van der Waals surface area contributed by atoms with Crippen molar-refractivity contribution in [3.05, 3.63) is 104 Å². The van der Waals surface area contributed by atoms with Gasteiger partial charge in [0.25, 0.3) is 11.5 Å². The van der Waals surface area contributed by atoms with Gasteiger partial charge >= 0.3 is 6.18 Å². The number of halogens is 4. The highest BCUT2D eigenvalue weighted by Gasteiger charge is 2.36. The monoisotopic (exact) mass is 581 g/mol. The van der Waals surface area contributed by atoms with Crippen LogP contribution in [0.1, 0.15) is 11.1 Å². The van der Waals surface area contributed by atoms with E-state index in [1.54, 1.807) is 48.5 Å². The van der Waals surface area contributed by atoms with Crippen molar-refractivity contribution in [2.45, 2.75) is 6.18 Å². The summed E-state index contributed by atoms with van der Waals surface area (Å²) >= 11 is 6.93. The molecule has 0 bridgehead atoms. The lowest BCUT2D eigenvalue weighted by Crippen LogP contribution is -2.37. The maximum Gasteiger partial charge on any atom is 0.416 e. The molecule has 5 aromatic rings. The zero-order chi connectivity index (χ0) is 28.2. The fourth-order valence-electron chi connectivity index (χ4n) is 4.38. The molecule has 3 heterocycles. The van der Waals surface area contributed by atoms with Gasteiger partial charge in [0.1, 0.15) is 11.1 Å². The smallest absolute Gasteiger partial charge is 0.325 e. The number of nitrogens with one attached hydrogen (secondary N) is 1. The van der Waals surface area contributed by atoms with Crippen molar-refractivity contribution in [3.63, 3.8) is 0 Å². The van der Waals surface area contributed by atoms with E-state index >= 15 is 0 Å². The standard InChI is InChI=1S/C27H15ClF3N5O3S/c28-16-10-8-14(9-11-16)23-33-26-36(34-23)25(39)22(40-26)21-18-6-1-2-7-19(18)35(24(21)38)13-20(37)32-17-5-3-4-15(12-17)27(29,30)31/h1-12H,13H2,(H,32,37)/b22-21-. The third-order valence-corrected chi connectivity index (χ3v) is 7.47. The third-order valence-electron chi connectivity index (χ3n) is 6.19. The van der Waals surface area contributed by atoms with Gasteiger partial charge in [0.2, 0.25) is 10.9 Å². The minimum absolute atomic E-state index is 0.0622. The van der Waals surface area contributed by atoms with Crippen LogP contribution in [0.15, 0.2) is 77.6 Å². The van der Waals surface area contributed by atoms with Crippen LogP contribution in [0.4, 0.5) is 24.5 Å². The number of aromatic nitrogens is 3. The van der Waals surface area contributed by atoms with Crippen molar-refractivity contribution in [2.24, 2.45) is 0 Å². The lowest BCUT2D eigenvalue weighted by Gasteiger charge is -2.17. The van der Waals surface area contributed by atoms with Gasteiger partial charge in [-0.25, -0.2) is 0 Å². The van der Waals surface area contributed by atoms with Crippen molar-refractivity contribution < 1.29 is 22.8 Å². The van der Waals surface area contributed by atoms with Gasteiger partial charge in [-0.1, -0.05) is 47.2 Å². The molecule has 0 saturated heterocycles. The van der Waals surface area contributed by atoms with Crippen molar-refractivity contribution in [1.29, 1.82) is 0 Å². The molecule has 1 aliphatic heterocycles. The van der Waals surface area contributed by atoms with Gasteiger partial charge in [0.05, 0.1) is 16.8 Å². The van der Waals surface area contributed by atoms with Gasteiger partial charge in [-0.3, -0.25) is 19.3 Å². The highest BCUT2D eigenvalue weighted by Crippen LogP contribution is 2.35. The number of carbonyl (C=O) groups excluding carboxylic acids is 2. The molecule has 3 aromatic carbocycles. The Morgan fingerprint density at radius 2 is 1.75 bits per heavy atom. The average molecular weight is 582 g/mol. The first-order valence-electron chi connectivity index (χ1n) is 11.7. The van der Waals surface area contributed by atoms with Crippen molar-refractivity contribution >= 4 is 56.7 Å². The molecule has 1 N–H and O–H groups in total. The van der Waals surface area contributed by atoms with Crippen LogP contribution in [0.2, 0.25) is 5.02 Å². The molecule has 2 amide bonds.